The molecule has 3 heteroatoms. The fourth-order valence-corrected chi connectivity index (χ4v) is 2.96. The van der Waals surface area contributed by atoms with Gasteiger partial charge in [0.15, 0.2) is 0 Å². The van der Waals surface area contributed by atoms with E-state index in [1.165, 1.54) is 0 Å². The molecule has 0 aromatic heterocycles. The van der Waals surface area contributed by atoms with Crippen molar-refractivity contribution in [3.63, 3.8) is 0 Å². The number of ketones is 1. The maximum absolute atomic E-state index is 12.8. The summed E-state index contributed by atoms with van der Waals surface area (Å²) in [6.07, 6.45) is 0.654. The first-order valence-electron chi connectivity index (χ1n) is 6.93. The number of rotatable bonds is 5. The summed E-state index contributed by atoms with van der Waals surface area (Å²) < 4.78 is 0. The zero-order chi connectivity index (χ0) is 14.0. The van der Waals surface area contributed by atoms with Gasteiger partial charge in [-0.2, -0.15) is 0 Å². The third-order valence-corrected chi connectivity index (χ3v) is 4.17. The molecule has 1 aromatic rings. The molecule has 0 aliphatic heterocycles. The number of nitrogens with zero attached hydrogens (tertiary/aromatic N) is 1. The topological polar surface area (TPSA) is 37.4 Å². The van der Waals surface area contributed by atoms with Crippen LogP contribution in [-0.4, -0.2) is 29.7 Å². The number of carbonyl (C=O) groups excluding carboxylic acids is 2. The summed E-state index contributed by atoms with van der Waals surface area (Å²) in [4.78, 5) is 26.3. The Morgan fingerprint density at radius 3 is 2.21 bits per heavy atom. The number of hydrogen-bond acceptors (Lipinski definition) is 2. The molecule has 0 saturated heterocycles. The van der Waals surface area contributed by atoms with Gasteiger partial charge >= 0.3 is 0 Å². The minimum atomic E-state index is -0.598. The predicted octanol–water partition coefficient (Wildman–Crippen LogP) is 2.40. The van der Waals surface area contributed by atoms with Crippen molar-refractivity contribution in [3.05, 3.63) is 35.9 Å². The fraction of sp³-hybridized carbons (Fsp3) is 0.500. The van der Waals surface area contributed by atoms with Crippen molar-refractivity contribution < 1.29 is 9.59 Å². The molecular weight excluding hydrogens is 238 g/mol. The third kappa shape index (κ3) is 2.18. The van der Waals surface area contributed by atoms with Crippen molar-refractivity contribution in [1.29, 1.82) is 0 Å². The Kier molecular flexibility index (Phi) is 3.74. The second-order valence-corrected chi connectivity index (χ2v) is 5.18. The van der Waals surface area contributed by atoms with E-state index in [2.05, 4.69) is 0 Å². The van der Waals surface area contributed by atoms with Crippen molar-refractivity contribution in [1.82, 2.24) is 4.90 Å². The molecule has 1 aromatic carbocycles. The van der Waals surface area contributed by atoms with Crippen molar-refractivity contribution >= 4 is 11.7 Å². The van der Waals surface area contributed by atoms with Crippen LogP contribution >= 0.6 is 0 Å². The number of benzene rings is 1. The summed E-state index contributed by atoms with van der Waals surface area (Å²) in [5.74, 6) is 0.0660. The van der Waals surface area contributed by atoms with E-state index in [-0.39, 0.29) is 17.6 Å². The van der Waals surface area contributed by atoms with E-state index in [9.17, 15) is 9.59 Å². The molecule has 2 rings (SSSR count). The predicted molar refractivity (Wildman–Crippen MR) is 74.8 cm³/mol. The zero-order valence-corrected chi connectivity index (χ0v) is 11.8. The van der Waals surface area contributed by atoms with Crippen LogP contribution < -0.4 is 0 Å². The summed E-state index contributed by atoms with van der Waals surface area (Å²) in [6.45, 7) is 6.92. The second-order valence-electron chi connectivity index (χ2n) is 5.18. The van der Waals surface area contributed by atoms with Gasteiger partial charge < -0.3 is 4.90 Å². The highest BCUT2D eigenvalue weighted by Gasteiger charge is 2.63. The van der Waals surface area contributed by atoms with Crippen LogP contribution in [0.5, 0.6) is 0 Å². The molecule has 1 aliphatic rings. The molecule has 1 amide bonds. The molecule has 3 nitrogen and oxygen atoms in total. The molecule has 0 heterocycles. The molecule has 0 spiro atoms. The highest BCUT2D eigenvalue weighted by molar-refractivity contribution is 6.00. The molecule has 102 valence electrons. The van der Waals surface area contributed by atoms with Crippen LogP contribution in [0.2, 0.25) is 0 Å². The lowest BCUT2D eigenvalue weighted by Gasteiger charge is -2.26. The molecule has 1 saturated carbocycles. The van der Waals surface area contributed by atoms with Gasteiger partial charge in [0.25, 0.3) is 0 Å². The fourth-order valence-electron chi connectivity index (χ4n) is 2.96. The maximum Gasteiger partial charge on any atom is 0.233 e. The smallest absolute Gasteiger partial charge is 0.233 e. The summed E-state index contributed by atoms with van der Waals surface area (Å²) in [7, 11) is 0. The number of likely N-dealkylation sites (N-methyl/N-ethyl adjacent to an activating group) is 1. The lowest BCUT2D eigenvalue weighted by molar-refractivity contribution is -0.135. The van der Waals surface area contributed by atoms with Crippen molar-refractivity contribution in [3.8, 4) is 0 Å². The maximum atomic E-state index is 12.8. The van der Waals surface area contributed by atoms with E-state index < -0.39 is 5.41 Å². The van der Waals surface area contributed by atoms with Crippen molar-refractivity contribution in [2.24, 2.45) is 5.92 Å². The van der Waals surface area contributed by atoms with E-state index in [0.717, 1.165) is 5.56 Å². The highest BCUT2D eigenvalue weighted by Crippen LogP contribution is 2.55. The lowest BCUT2D eigenvalue weighted by atomic mass is 9.90. The summed E-state index contributed by atoms with van der Waals surface area (Å²) >= 11 is 0. The van der Waals surface area contributed by atoms with Gasteiger partial charge in [0.1, 0.15) is 5.78 Å². The second kappa shape index (κ2) is 5.16. The minimum Gasteiger partial charge on any atom is -0.342 e. The van der Waals surface area contributed by atoms with E-state index in [1.807, 2.05) is 49.1 Å². The van der Waals surface area contributed by atoms with E-state index in [0.29, 0.717) is 19.5 Å². The van der Waals surface area contributed by atoms with Gasteiger partial charge in [-0.15, -0.1) is 0 Å². The SMILES string of the molecule is CCN(CC)C(=O)[C@]1(c2ccccc2)C[C@@H]1C(C)=O. The van der Waals surface area contributed by atoms with Gasteiger partial charge in [-0.25, -0.2) is 0 Å². The van der Waals surface area contributed by atoms with Crippen LogP contribution in [0.15, 0.2) is 30.3 Å². The summed E-state index contributed by atoms with van der Waals surface area (Å²) in [6, 6.07) is 9.73. The Labute approximate surface area is 114 Å². The monoisotopic (exact) mass is 259 g/mol. The quantitative estimate of drug-likeness (QED) is 0.814. The summed E-state index contributed by atoms with van der Waals surface area (Å²) in [5, 5.41) is 0. The average Bonchev–Trinajstić information content (AvgIpc) is 3.18. The first kappa shape index (κ1) is 13.8. The van der Waals surface area contributed by atoms with Crippen LogP contribution in [-0.2, 0) is 15.0 Å². The Morgan fingerprint density at radius 1 is 1.21 bits per heavy atom. The van der Waals surface area contributed by atoms with Crippen molar-refractivity contribution in [2.45, 2.75) is 32.6 Å². The number of hydrogen-bond donors (Lipinski definition) is 0. The Balaban J connectivity index is 2.39. The molecule has 0 radical (unpaired) electrons. The Hall–Kier alpha value is -1.64. The zero-order valence-electron chi connectivity index (χ0n) is 11.8. The molecule has 19 heavy (non-hydrogen) atoms. The Morgan fingerprint density at radius 2 is 1.79 bits per heavy atom. The first-order chi connectivity index (χ1) is 9.07. The van der Waals surface area contributed by atoms with Gasteiger partial charge in [0, 0.05) is 19.0 Å². The van der Waals surface area contributed by atoms with Gasteiger partial charge in [0.05, 0.1) is 5.41 Å². The van der Waals surface area contributed by atoms with Gasteiger partial charge in [-0.05, 0) is 32.8 Å². The van der Waals surface area contributed by atoms with Crippen LogP contribution in [0.4, 0.5) is 0 Å². The minimum absolute atomic E-state index is 0.101. The van der Waals surface area contributed by atoms with E-state index >= 15 is 0 Å². The highest BCUT2D eigenvalue weighted by atomic mass is 16.2. The molecule has 0 unspecified atom stereocenters. The van der Waals surface area contributed by atoms with E-state index in [1.54, 1.807) is 6.92 Å². The number of carbonyl (C=O) groups is 2. The molecular formula is C16H21NO2. The third-order valence-electron chi connectivity index (χ3n) is 4.17. The van der Waals surface area contributed by atoms with Crippen LogP contribution in [0.3, 0.4) is 0 Å². The van der Waals surface area contributed by atoms with Crippen LogP contribution in [0.1, 0.15) is 32.8 Å². The number of Topliss-reactive ketones (excluding diaryl/α,β-unsaturated/α-hetero) is 1. The largest absolute Gasteiger partial charge is 0.342 e. The van der Waals surface area contributed by atoms with Gasteiger partial charge in [-0.3, -0.25) is 9.59 Å². The van der Waals surface area contributed by atoms with Gasteiger partial charge in [-0.1, -0.05) is 30.3 Å². The molecule has 1 fully saturated rings. The van der Waals surface area contributed by atoms with Gasteiger partial charge in [0.2, 0.25) is 5.91 Å². The molecule has 0 bridgehead atoms. The van der Waals surface area contributed by atoms with E-state index in [4.69, 9.17) is 0 Å². The average molecular weight is 259 g/mol. The standard InChI is InChI=1S/C16H21NO2/c1-4-17(5-2)15(19)16(11-14(16)12(3)18)13-9-7-6-8-10-13/h6-10,14H,4-5,11H2,1-3H3/t14-,16+/m1/s1. The lowest BCUT2D eigenvalue weighted by Crippen LogP contribution is -2.40. The van der Waals surface area contributed by atoms with Crippen LogP contribution in [0.25, 0.3) is 0 Å². The molecule has 0 N–H and O–H groups in total. The first-order valence-corrected chi connectivity index (χ1v) is 6.93. The normalized spacial score (nSPS) is 24.9. The van der Waals surface area contributed by atoms with Crippen molar-refractivity contribution in [2.75, 3.05) is 13.1 Å². The van der Waals surface area contributed by atoms with Crippen LogP contribution in [0, 0.1) is 5.92 Å². The molecule has 1 aliphatic carbocycles. The Bertz CT molecular complexity index is 479. The molecule has 2 atom stereocenters. The summed E-state index contributed by atoms with van der Waals surface area (Å²) in [5.41, 5.74) is 0.381. The number of amides is 1.